The van der Waals surface area contributed by atoms with Crippen LogP contribution in [0, 0.1) is 5.92 Å². The standard InChI is InChI=1S/C23H26N2O4S2/c1-16(26)18-5-4-6-19(15-18)31(28,29)25-12-9-17(10-13-25)23(27)24-21-11-14-30-22-8-3-2-7-20(21)22/h2-8,15,17,21H,9-14H2,1H3,(H,24,27). The zero-order valence-electron chi connectivity index (χ0n) is 17.4. The molecular formula is C23H26N2O4S2. The lowest BCUT2D eigenvalue weighted by atomic mass is 9.95. The van der Waals surface area contributed by atoms with Crippen molar-refractivity contribution in [3.8, 4) is 0 Å². The minimum atomic E-state index is -3.69. The van der Waals surface area contributed by atoms with Crippen LogP contribution in [0.1, 0.15) is 48.1 Å². The van der Waals surface area contributed by atoms with Crippen LogP contribution in [0.25, 0.3) is 0 Å². The van der Waals surface area contributed by atoms with Crippen LogP contribution in [0.2, 0.25) is 0 Å². The number of nitrogens with zero attached hydrogens (tertiary/aromatic N) is 1. The highest BCUT2D eigenvalue weighted by Gasteiger charge is 2.33. The summed E-state index contributed by atoms with van der Waals surface area (Å²) in [7, 11) is -3.69. The second kappa shape index (κ2) is 9.14. The van der Waals surface area contributed by atoms with Gasteiger partial charge in [0, 0.05) is 35.2 Å². The summed E-state index contributed by atoms with van der Waals surface area (Å²) in [4.78, 5) is 25.8. The fraction of sp³-hybridized carbons (Fsp3) is 0.391. The van der Waals surface area contributed by atoms with Gasteiger partial charge in [-0.1, -0.05) is 30.3 Å². The van der Waals surface area contributed by atoms with E-state index >= 15 is 0 Å². The van der Waals surface area contributed by atoms with Crippen LogP contribution < -0.4 is 5.32 Å². The number of hydrogen-bond donors (Lipinski definition) is 1. The maximum Gasteiger partial charge on any atom is 0.243 e. The van der Waals surface area contributed by atoms with Gasteiger partial charge in [-0.25, -0.2) is 8.42 Å². The van der Waals surface area contributed by atoms with E-state index in [2.05, 4.69) is 17.4 Å². The van der Waals surface area contributed by atoms with Gasteiger partial charge >= 0.3 is 0 Å². The summed E-state index contributed by atoms with van der Waals surface area (Å²) in [6.07, 6.45) is 1.87. The number of sulfonamides is 1. The molecule has 0 saturated carbocycles. The number of thioether (sulfide) groups is 1. The van der Waals surface area contributed by atoms with Gasteiger partial charge < -0.3 is 5.32 Å². The lowest BCUT2D eigenvalue weighted by Gasteiger charge is -2.32. The molecule has 31 heavy (non-hydrogen) atoms. The number of ketones is 1. The SMILES string of the molecule is CC(=O)c1cccc(S(=O)(=O)N2CCC(C(=O)NC3CCSc4ccccc43)CC2)c1. The van der Waals surface area contributed by atoms with Gasteiger partial charge in [-0.2, -0.15) is 4.31 Å². The number of Topliss-reactive ketones (excluding diaryl/α,β-unsaturated/α-hetero) is 1. The fourth-order valence-corrected chi connectivity index (χ4v) is 6.81. The highest BCUT2D eigenvalue weighted by molar-refractivity contribution is 7.99. The van der Waals surface area contributed by atoms with Gasteiger partial charge in [0.15, 0.2) is 5.78 Å². The van der Waals surface area contributed by atoms with Gasteiger partial charge in [-0.05, 0) is 49.9 Å². The van der Waals surface area contributed by atoms with E-state index in [4.69, 9.17) is 0 Å². The first-order valence-corrected chi connectivity index (χ1v) is 12.9. The van der Waals surface area contributed by atoms with E-state index in [9.17, 15) is 18.0 Å². The summed E-state index contributed by atoms with van der Waals surface area (Å²) in [5.41, 5.74) is 1.54. The van der Waals surface area contributed by atoms with Crippen LogP contribution >= 0.6 is 11.8 Å². The van der Waals surface area contributed by atoms with E-state index in [-0.39, 0.29) is 28.5 Å². The maximum atomic E-state index is 13.0. The predicted octanol–water partition coefficient (Wildman–Crippen LogP) is 3.64. The predicted molar refractivity (Wildman–Crippen MR) is 121 cm³/mol. The number of carbonyl (C=O) groups is 2. The van der Waals surface area contributed by atoms with Crippen LogP contribution in [-0.2, 0) is 14.8 Å². The van der Waals surface area contributed by atoms with Crippen molar-refractivity contribution in [2.45, 2.75) is 42.0 Å². The van der Waals surface area contributed by atoms with Crippen LogP contribution in [-0.4, -0.2) is 43.3 Å². The van der Waals surface area contributed by atoms with Gasteiger partial charge in [0.25, 0.3) is 0 Å². The largest absolute Gasteiger partial charge is 0.349 e. The number of hydrogen-bond acceptors (Lipinski definition) is 5. The molecule has 1 unspecified atom stereocenters. The minimum absolute atomic E-state index is 0.00216. The van der Waals surface area contributed by atoms with Crippen molar-refractivity contribution in [3.63, 3.8) is 0 Å². The second-order valence-electron chi connectivity index (χ2n) is 8.00. The first-order valence-electron chi connectivity index (χ1n) is 10.5. The van der Waals surface area contributed by atoms with Crippen molar-refractivity contribution in [2.24, 2.45) is 5.92 Å². The normalized spacial score (nSPS) is 20.1. The van der Waals surface area contributed by atoms with Crippen LogP contribution in [0.5, 0.6) is 0 Å². The Bertz CT molecular complexity index is 1090. The molecule has 0 bridgehead atoms. The van der Waals surface area contributed by atoms with Crippen molar-refractivity contribution >= 4 is 33.5 Å². The van der Waals surface area contributed by atoms with Gasteiger partial charge in [-0.15, -0.1) is 11.8 Å². The summed E-state index contributed by atoms with van der Waals surface area (Å²) in [6.45, 7) is 2.00. The van der Waals surface area contributed by atoms with E-state index in [0.29, 0.717) is 31.5 Å². The molecule has 0 aromatic heterocycles. The third-order valence-corrected chi connectivity index (χ3v) is 9.00. The summed E-state index contributed by atoms with van der Waals surface area (Å²) in [6, 6.07) is 14.3. The van der Waals surface area contributed by atoms with Gasteiger partial charge in [-0.3, -0.25) is 9.59 Å². The molecule has 1 fully saturated rings. The number of nitrogens with one attached hydrogen (secondary N) is 1. The zero-order valence-corrected chi connectivity index (χ0v) is 19.0. The fourth-order valence-electron chi connectivity index (χ4n) is 4.16. The molecule has 0 aliphatic carbocycles. The zero-order chi connectivity index (χ0) is 22.0. The highest BCUT2D eigenvalue weighted by atomic mass is 32.2. The number of rotatable bonds is 5. The molecule has 1 atom stereocenters. The van der Waals surface area contributed by atoms with Crippen molar-refractivity contribution in [1.82, 2.24) is 9.62 Å². The molecule has 8 heteroatoms. The smallest absolute Gasteiger partial charge is 0.243 e. The lowest BCUT2D eigenvalue weighted by Crippen LogP contribution is -2.44. The summed E-state index contributed by atoms with van der Waals surface area (Å²) < 4.78 is 27.4. The Morgan fingerprint density at radius 1 is 1.03 bits per heavy atom. The van der Waals surface area contributed by atoms with Gasteiger partial charge in [0.1, 0.15) is 0 Å². The number of benzene rings is 2. The van der Waals surface area contributed by atoms with Crippen LogP contribution in [0.3, 0.4) is 0 Å². The molecule has 1 saturated heterocycles. The molecule has 0 radical (unpaired) electrons. The maximum absolute atomic E-state index is 13.0. The topological polar surface area (TPSA) is 83.6 Å². The molecule has 2 aliphatic heterocycles. The number of carbonyl (C=O) groups excluding carboxylic acids is 2. The Labute approximate surface area is 187 Å². The second-order valence-corrected chi connectivity index (χ2v) is 11.1. The van der Waals surface area contributed by atoms with Crippen molar-refractivity contribution in [2.75, 3.05) is 18.8 Å². The van der Waals surface area contributed by atoms with E-state index < -0.39 is 10.0 Å². The molecule has 164 valence electrons. The Morgan fingerprint density at radius 2 is 1.77 bits per heavy atom. The first kappa shape index (κ1) is 22.0. The Balaban J connectivity index is 1.39. The van der Waals surface area contributed by atoms with E-state index in [1.165, 1.54) is 28.3 Å². The van der Waals surface area contributed by atoms with E-state index in [1.54, 1.807) is 12.1 Å². The van der Waals surface area contributed by atoms with Crippen LogP contribution in [0.15, 0.2) is 58.3 Å². The molecule has 4 rings (SSSR count). The van der Waals surface area contributed by atoms with Crippen LogP contribution in [0.4, 0.5) is 0 Å². The third-order valence-electron chi connectivity index (χ3n) is 5.98. The first-order chi connectivity index (χ1) is 14.9. The lowest BCUT2D eigenvalue weighted by molar-refractivity contribution is -0.126. The molecule has 1 amide bonds. The number of piperidine rings is 1. The van der Waals surface area contributed by atoms with Gasteiger partial charge in [0.2, 0.25) is 15.9 Å². The molecule has 2 aromatic rings. The van der Waals surface area contributed by atoms with E-state index in [0.717, 1.165) is 17.7 Å². The molecule has 0 spiro atoms. The van der Waals surface area contributed by atoms with Crippen molar-refractivity contribution < 1.29 is 18.0 Å². The molecule has 2 aliphatic rings. The molecular weight excluding hydrogens is 432 g/mol. The number of fused-ring (bicyclic) bond motifs is 1. The highest BCUT2D eigenvalue weighted by Crippen LogP contribution is 2.36. The van der Waals surface area contributed by atoms with Crippen molar-refractivity contribution in [1.29, 1.82) is 0 Å². The number of amides is 1. The summed E-state index contributed by atoms with van der Waals surface area (Å²) in [5.74, 6) is 0.604. The Kier molecular flexibility index (Phi) is 6.50. The average Bonchev–Trinajstić information content (AvgIpc) is 2.79. The van der Waals surface area contributed by atoms with Crippen molar-refractivity contribution in [3.05, 3.63) is 59.7 Å². The summed E-state index contributed by atoms with van der Waals surface area (Å²) >= 11 is 1.81. The summed E-state index contributed by atoms with van der Waals surface area (Å²) in [5, 5.41) is 3.19. The minimum Gasteiger partial charge on any atom is -0.349 e. The van der Waals surface area contributed by atoms with E-state index in [1.807, 2.05) is 23.9 Å². The van der Waals surface area contributed by atoms with Gasteiger partial charge in [0.05, 0.1) is 10.9 Å². The third kappa shape index (κ3) is 4.71. The molecule has 1 N–H and O–H groups in total. The quantitative estimate of drug-likeness (QED) is 0.692. The average molecular weight is 459 g/mol. The molecule has 2 heterocycles. The molecule has 6 nitrogen and oxygen atoms in total. The monoisotopic (exact) mass is 458 g/mol. The Morgan fingerprint density at radius 3 is 2.52 bits per heavy atom. The molecule has 2 aromatic carbocycles. The Hall–Kier alpha value is -2.16.